The van der Waals surface area contributed by atoms with Crippen molar-refractivity contribution in [3.8, 4) is 5.75 Å². The van der Waals surface area contributed by atoms with Gasteiger partial charge in [0.1, 0.15) is 5.75 Å². The van der Waals surface area contributed by atoms with Crippen molar-refractivity contribution in [3.05, 3.63) is 52.2 Å². The number of nitrogens with zero attached hydrogens (tertiary/aromatic N) is 2. The van der Waals surface area contributed by atoms with Crippen molar-refractivity contribution in [2.45, 2.75) is 13.3 Å². The topological polar surface area (TPSA) is 49.9 Å². The number of carbonyl (C=O) groups is 2. The van der Waals surface area contributed by atoms with Crippen LogP contribution in [0.4, 0.5) is 0 Å². The first-order valence-electron chi connectivity index (χ1n) is 8.39. The quantitative estimate of drug-likeness (QED) is 0.824. The average molecular weight is 358 g/mol. The molecule has 1 aromatic heterocycles. The van der Waals surface area contributed by atoms with Crippen molar-refractivity contribution >= 4 is 23.2 Å². The summed E-state index contributed by atoms with van der Waals surface area (Å²) in [7, 11) is 0. The maximum absolute atomic E-state index is 12.3. The number of benzene rings is 1. The van der Waals surface area contributed by atoms with Crippen LogP contribution in [0.5, 0.6) is 5.75 Å². The first-order valence-corrected chi connectivity index (χ1v) is 9.27. The number of aryl methyl sites for hydroxylation is 1. The van der Waals surface area contributed by atoms with Gasteiger partial charge in [-0.1, -0.05) is 23.8 Å². The van der Waals surface area contributed by atoms with E-state index in [0.29, 0.717) is 38.3 Å². The lowest BCUT2D eigenvalue weighted by Gasteiger charge is -2.34. The molecule has 1 fully saturated rings. The van der Waals surface area contributed by atoms with Crippen molar-refractivity contribution in [3.63, 3.8) is 0 Å². The third-order valence-electron chi connectivity index (χ3n) is 4.27. The summed E-state index contributed by atoms with van der Waals surface area (Å²) in [6, 6.07) is 11.6. The molecule has 1 aliphatic rings. The Labute approximate surface area is 151 Å². The molecule has 6 heteroatoms. The summed E-state index contributed by atoms with van der Waals surface area (Å²) in [5.74, 6) is 0.792. The van der Waals surface area contributed by atoms with Crippen molar-refractivity contribution in [2.75, 3.05) is 32.8 Å². The molecule has 1 aromatic carbocycles. The van der Waals surface area contributed by atoms with Gasteiger partial charge in [-0.3, -0.25) is 9.59 Å². The number of hydrogen-bond donors (Lipinski definition) is 0. The highest BCUT2D eigenvalue weighted by atomic mass is 32.1. The number of thiophene rings is 1. The number of amides is 2. The molecule has 2 aromatic rings. The van der Waals surface area contributed by atoms with Gasteiger partial charge in [-0.2, -0.15) is 0 Å². The van der Waals surface area contributed by atoms with Gasteiger partial charge in [0.15, 0.2) is 6.61 Å². The summed E-state index contributed by atoms with van der Waals surface area (Å²) >= 11 is 1.60. The van der Waals surface area contributed by atoms with Gasteiger partial charge < -0.3 is 14.5 Å². The number of carbonyl (C=O) groups excluding carboxylic acids is 2. The van der Waals surface area contributed by atoms with Crippen LogP contribution in [0.3, 0.4) is 0 Å². The first-order chi connectivity index (χ1) is 12.1. The largest absolute Gasteiger partial charge is 0.484 e. The van der Waals surface area contributed by atoms with Crippen LogP contribution in [-0.4, -0.2) is 54.4 Å². The van der Waals surface area contributed by atoms with Gasteiger partial charge >= 0.3 is 0 Å². The normalized spacial score (nSPS) is 14.4. The van der Waals surface area contributed by atoms with Crippen LogP contribution < -0.4 is 4.74 Å². The highest BCUT2D eigenvalue weighted by molar-refractivity contribution is 7.10. The Morgan fingerprint density at radius 3 is 2.24 bits per heavy atom. The van der Waals surface area contributed by atoms with E-state index >= 15 is 0 Å². The molecule has 2 amide bonds. The number of rotatable bonds is 5. The fourth-order valence-electron chi connectivity index (χ4n) is 2.75. The number of hydrogen-bond acceptors (Lipinski definition) is 4. The zero-order valence-electron chi connectivity index (χ0n) is 14.3. The Morgan fingerprint density at radius 2 is 1.64 bits per heavy atom. The molecule has 3 rings (SSSR count). The zero-order chi connectivity index (χ0) is 17.6. The molecule has 0 N–H and O–H groups in total. The molecule has 0 unspecified atom stereocenters. The van der Waals surface area contributed by atoms with Crippen molar-refractivity contribution in [1.29, 1.82) is 0 Å². The van der Waals surface area contributed by atoms with Crippen LogP contribution in [0.2, 0.25) is 0 Å². The highest BCUT2D eigenvalue weighted by Gasteiger charge is 2.24. The fourth-order valence-corrected chi connectivity index (χ4v) is 3.45. The van der Waals surface area contributed by atoms with Crippen LogP contribution in [-0.2, 0) is 16.0 Å². The second kappa shape index (κ2) is 8.16. The van der Waals surface area contributed by atoms with Crippen LogP contribution in [0, 0.1) is 6.92 Å². The Morgan fingerprint density at radius 1 is 1.00 bits per heavy atom. The van der Waals surface area contributed by atoms with Crippen LogP contribution in [0.25, 0.3) is 0 Å². The van der Waals surface area contributed by atoms with Gasteiger partial charge in [-0.05, 0) is 30.5 Å². The lowest BCUT2D eigenvalue weighted by Crippen LogP contribution is -2.51. The molecule has 0 atom stereocenters. The molecule has 0 spiro atoms. The van der Waals surface area contributed by atoms with E-state index in [1.54, 1.807) is 16.2 Å². The predicted octanol–water partition coefficient (Wildman–Crippen LogP) is 2.35. The Bertz CT molecular complexity index is 705. The van der Waals surface area contributed by atoms with Gasteiger partial charge in [-0.25, -0.2) is 0 Å². The van der Waals surface area contributed by atoms with Crippen LogP contribution in [0.1, 0.15) is 10.4 Å². The molecule has 1 aliphatic heterocycles. The van der Waals surface area contributed by atoms with Gasteiger partial charge in [0.2, 0.25) is 5.91 Å². The summed E-state index contributed by atoms with van der Waals surface area (Å²) in [5, 5.41) is 1.98. The van der Waals surface area contributed by atoms with E-state index in [4.69, 9.17) is 4.74 Å². The Hall–Kier alpha value is -2.34. The minimum absolute atomic E-state index is 0.0339. The molecule has 0 bridgehead atoms. The highest BCUT2D eigenvalue weighted by Crippen LogP contribution is 2.13. The van der Waals surface area contributed by atoms with Gasteiger partial charge in [0.25, 0.3) is 5.91 Å². The number of piperazine rings is 1. The van der Waals surface area contributed by atoms with Crippen molar-refractivity contribution < 1.29 is 14.3 Å². The van der Waals surface area contributed by atoms with Crippen molar-refractivity contribution in [2.24, 2.45) is 0 Å². The van der Waals surface area contributed by atoms with E-state index in [9.17, 15) is 9.59 Å². The SMILES string of the molecule is Cc1ccc(OCC(=O)N2CCN(C(=O)Cc3cccs3)CC2)cc1. The molecule has 0 radical (unpaired) electrons. The molecule has 5 nitrogen and oxygen atoms in total. The van der Waals surface area contributed by atoms with Crippen molar-refractivity contribution in [1.82, 2.24) is 9.80 Å². The van der Waals surface area contributed by atoms with Gasteiger partial charge in [-0.15, -0.1) is 11.3 Å². The lowest BCUT2D eigenvalue weighted by atomic mass is 10.2. The molecule has 0 saturated carbocycles. The molecule has 1 saturated heterocycles. The predicted molar refractivity (Wildman–Crippen MR) is 97.9 cm³/mol. The summed E-state index contributed by atoms with van der Waals surface area (Å²) in [6.07, 6.45) is 0.447. The Kier molecular flexibility index (Phi) is 5.71. The standard InChI is InChI=1S/C19H22N2O3S/c1-15-4-6-16(7-5-15)24-14-19(23)21-10-8-20(9-11-21)18(22)13-17-3-2-12-25-17/h2-7,12H,8-11,13-14H2,1H3. The molecule has 2 heterocycles. The summed E-state index contributed by atoms with van der Waals surface area (Å²) in [4.78, 5) is 29.2. The molecule has 132 valence electrons. The smallest absolute Gasteiger partial charge is 0.260 e. The first kappa shape index (κ1) is 17.5. The second-order valence-corrected chi connectivity index (χ2v) is 7.15. The van der Waals surface area contributed by atoms with E-state index < -0.39 is 0 Å². The summed E-state index contributed by atoms with van der Waals surface area (Å²) < 4.78 is 5.55. The summed E-state index contributed by atoms with van der Waals surface area (Å²) in [5.41, 5.74) is 1.15. The Balaban J connectivity index is 1.42. The minimum Gasteiger partial charge on any atom is -0.484 e. The minimum atomic E-state index is -0.0362. The molecule has 0 aliphatic carbocycles. The fraction of sp³-hybridized carbons (Fsp3) is 0.368. The van der Waals surface area contributed by atoms with Gasteiger partial charge in [0, 0.05) is 31.1 Å². The third kappa shape index (κ3) is 4.82. The monoisotopic (exact) mass is 358 g/mol. The van der Waals surface area contributed by atoms with E-state index in [0.717, 1.165) is 10.4 Å². The van der Waals surface area contributed by atoms with Crippen LogP contribution in [0.15, 0.2) is 41.8 Å². The second-order valence-electron chi connectivity index (χ2n) is 6.12. The maximum Gasteiger partial charge on any atom is 0.260 e. The summed E-state index contributed by atoms with van der Waals surface area (Å²) in [6.45, 7) is 4.33. The van der Waals surface area contributed by atoms with Gasteiger partial charge in [0.05, 0.1) is 6.42 Å². The molecular weight excluding hydrogens is 336 g/mol. The van der Waals surface area contributed by atoms with E-state index in [-0.39, 0.29) is 18.4 Å². The van der Waals surface area contributed by atoms with E-state index in [2.05, 4.69) is 0 Å². The van der Waals surface area contributed by atoms with Crippen LogP contribution >= 0.6 is 11.3 Å². The number of ether oxygens (including phenoxy) is 1. The zero-order valence-corrected chi connectivity index (χ0v) is 15.1. The third-order valence-corrected chi connectivity index (χ3v) is 5.15. The molecule has 25 heavy (non-hydrogen) atoms. The average Bonchev–Trinajstić information content (AvgIpc) is 3.14. The van der Waals surface area contributed by atoms with E-state index in [1.807, 2.05) is 53.6 Å². The van der Waals surface area contributed by atoms with E-state index in [1.165, 1.54) is 0 Å². The molecular formula is C19H22N2O3S. The lowest BCUT2D eigenvalue weighted by molar-refractivity contribution is -0.140. The maximum atomic E-state index is 12.3.